The molecule has 6 rings (SSSR count). The summed E-state index contributed by atoms with van der Waals surface area (Å²) in [6.07, 6.45) is 2.51. The highest BCUT2D eigenvalue weighted by Crippen LogP contribution is 2.29. The Labute approximate surface area is 217 Å². The van der Waals surface area contributed by atoms with E-state index in [1.165, 1.54) is 16.8 Å². The lowest BCUT2D eigenvalue weighted by Gasteiger charge is -2.37. The highest BCUT2D eigenvalue weighted by atomic mass is 16.3. The third-order valence-electron chi connectivity index (χ3n) is 7.73. The minimum absolute atomic E-state index is 0.0363. The van der Waals surface area contributed by atoms with Crippen molar-refractivity contribution in [2.45, 2.75) is 13.0 Å². The summed E-state index contributed by atoms with van der Waals surface area (Å²) in [5.41, 5.74) is 10.1. The number of nitrogen functional groups attached to an aromatic ring is 1. The van der Waals surface area contributed by atoms with E-state index in [9.17, 15) is 4.79 Å². The van der Waals surface area contributed by atoms with Gasteiger partial charge in [0, 0.05) is 77.2 Å². The summed E-state index contributed by atoms with van der Waals surface area (Å²) in [5, 5.41) is 0. The highest BCUT2D eigenvalue weighted by Gasteiger charge is 2.26. The number of aromatic nitrogens is 2. The number of benzene rings is 1. The molecule has 1 amide bonds. The number of amides is 1. The zero-order valence-corrected chi connectivity index (χ0v) is 21.3. The first kappa shape index (κ1) is 23.6. The summed E-state index contributed by atoms with van der Waals surface area (Å²) in [4.78, 5) is 32.9. The van der Waals surface area contributed by atoms with Gasteiger partial charge in [0.2, 0.25) is 5.95 Å². The predicted molar refractivity (Wildman–Crippen MR) is 144 cm³/mol. The Morgan fingerprint density at radius 1 is 0.838 bits per heavy atom. The van der Waals surface area contributed by atoms with Gasteiger partial charge >= 0.3 is 0 Å². The number of anilines is 4. The normalized spacial score (nSPS) is 18.7. The Morgan fingerprint density at radius 3 is 2.30 bits per heavy atom. The Balaban J connectivity index is 1.14. The molecular weight excluding hydrogens is 468 g/mol. The van der Waals surface area contributed by atoms with Crippen LogP contribution in [0.4, 0.5) is 23.3 Å². The van der Waals surface area contributed by atoms with Crippen LogP contribution in [-0.2, 0) is 13.0 Å². The average molecular weight is 503 g/mol. The standard InChI is InChI=1S/C27H34N8O2/c1-31-8-10-33(11-9-31)24-18-25(30-27(28)29-24)35-7-6-20-4-5-22(17-21(20)19-35)32-12-14-34(15-13-32)26(36)23-3-2-16-37-23/h2-5,16-18H,6-15,19H2,1H3,(H2,28,29,30). The molecule has 0 radical (unpaired) electrons. The molecule has 5 heterocycles. The fraction of sp³-hybridized carbons (Fsp3) is 0.444. The molecule has 0 aliphatic carbocycles. The second kappa shape index (κ2) is 9.93. The molecule has 2 fully saturated rings. The van der Waals surface area contributed by atoms with E-state index in [0.29, 0.717) is 24.8 Å². The number of fused-ring (bicyclic) bond motifs is 1. The van der Waals surface area contributed by atoms with E-state index in [2.05, 4.69) is 60.9 Å². The van der Waals surface area contributed by atoms with Crippen LogP contribution in [0, 0.1) is 0 Å². The minimum atomic E-state index is -0.0363. The van der Waals surface area contributed by atoms with E-state index in [4.69, 9.17) is 10.2 Å². The maximum absolute atomic E-state index is 12.6. The summed E-state index contributed by atoms with van der Waals surface area (Å²) in [5.74, 6) is 2.50. The molecule has 2 saturated heterocycles. The maximum atomic E-state index is 12.6. The molecule has 0 bridgehead atoms. The molecule has 2 N–H and O–H groups in total. The Kier molecular flexibility index (Phi) is 6.33. The molecule has 0 atom stereocenters. The van der Waals surface area contributed by atoms with E-state index in [1.807, 2.05) is 4.90 Å². The van der Waals surface area contributed by atoms with E-state index in [1.54, 1.807) is 18.4 Å². The lowest BCUT2D eigenvalue weighted by Crippen LogP contribution is -2.48. The summed E-state index contributed by atoms with van der Waals surface area (Å²) in [6, 6.07) is 12.3. The molecule has 2 aromatic heterocycles. The molecule has 3 aromatic rings. The van der Waals surface area contributed by atoms with Gasteiger partial charge in [0.1, 0.15) is 11.6 Å². The van der Waals surface area contributed by atoms with Gasteiger partial charge in [-0.15, -0.1) is 0 Å². The van der Waals surface area contributed by atoms with Gasteiger partial charge in [0.25, 0.3) is 5.91 Å². The molecular formula is C27H34N8O2. The molecule has 10 nitrogen and oxygen atoms in total. The number of hydrogen-bond donors (Lipinski definition) is 1. The number of carbonyl (C=O) groups excluding carboxylic acids is 1. The van der Waals surface area contributed by atoms with Crippen LogP contribution in [0.3, 0.4) is 0 Å². The van der Waals surface area contributed by atoms with Crippen LogP contribution in [0.5, 0.6) is 0 Å². The fourth-order valence-electron chi connectivity index (χ4n) is 5.46. The zero-order chi connectivity index (χ0) is 25.4. The molecule has 0 saturated carbocycles. The molecule has 3 aliphatic heterocycles. The Bertz CT molecular complexity index is 1250. The Hall–Kier alpha value is -3.79. The van der Waals surface area contributed by atoms with Crippen LogP contribution in [0.25, 0.3) is 0 Å². The van der Waals surface area contributed by atoms with Gasteiger partial charge in [0.15, 0.2) is 5.76 Å². The van der Waals surface area contributed by atoms with Crippen molar-refractivity contribution in [2.24, 2.45) is 0 Å². The second-order valence-corrected chi connectivity index (χ2v) is 10.1. The quantitative estimate of drug-likeness (QED) is 0.574. The van der Waals surface area contributed by atoms with Crippen LogP contribution >= 0.6 is 0 Å². The first-order chi connectivity index (χ1) is 18.0. The molecule has 0 unspecified atom stereocenters. The number of rotatable bonds is 4. The minimum Gasteiger partial charge on any atom is -0.459 e. The molecule has 194 valence electrons. The summed E-state index contributed by atoms with van der Waals surface area (Å²) >= 11 is 0. The third kappa shape index (κ3) is 4.93. The lowest BCUT2D eigenvalue weighted by molar-refractivity contribution is 0.0714. The molecule has 0 spiro atoms. The zero-order valence-electron chi connectivity index (χ0n) is 21.3. The summed E-state index contributed by atoms with van der Waals surface area (Å²) < 4.78 is 5.29. The van der Waals surface area contributed by atoms with Crippen LogP contribution in [0.15, 0.2) is 47.1 Å². The van der Waals surface area contributed by atoms with Crippen molar-refractivity contribution in [3.63, 3.8) is 0 Å². The molecule has 1 aromatic carbocycles. The number of piperazine rings is 2. The SMILES string of the molecule is CN1CCN(c2cc(N3CCc4ccc(N5CCN(C(=O)c6ccco6)CC5)cc4C3)nc(N)n2)CC1. The van der Waals surface area contributed by atoms with Gasteiger partial charge in [-0.1, -0.05) is 6.07 Å². The van der Waals surface area contributed by atoms with E-state index in [0.717, 1.165) is 70.4 Å². The van der Waals surface area contributed by atoms with Gasteiger partial charge < -0.3 is 34.7 Å². The van der Waals surface area contributed by atoms with E-state index >= 15 is 0 Å². The van der Waals surface area contributed by atoms with Crippen molar-refractivity contribution in [3.8, 4) is 0 Å². The average Bonchev–Trinajstić information content (AvgIpc) is 3.47. The van der Waals surface area contributed by atoms with Crippen molar-refractivity contribution in [1.82, 2.24) is 19.8 Å². The Morgan fingerprint density at radius 2 is 1.57 bits per heavy atom. The lowest BCUT2D eigenvalue weighted by atomic mass is 9.98. The topological polar surface area (TPSA) is 98.2 Å². The van der Waals surface area contributed by atoms with Gasteiger partial charge in [-0.25, -0.2) is 0 Å². The summed E-state index contributed by atoms with van der Waals surface area (Å²) in [7, 11) is 2.15. The van der Waals surface area contributed by atoms with Crippen molar-refractivity contribution in [2.75, 3.05) is 86.4 Å². The van der Waals surface area contributed by atoms with Crippen molar-refractivity contribution in [1.29, 1.82) is 0 Å². The second-order valence-electron chi connectivity index (χ2n) is 10.1. The first-order valence-corrected chi connectivity index (χ1v) is 13.1. The van der Waals surface area contributed by atoms with Crippen molar-refractivity contribution >= 4 is 29.2 Å². The van der Waals surface area contributed by atoms with E-state index in [-0.39, 0.29) is 5.91 Å². The molecule has 3 aliphatic rings. The number of nitrogens with two attached hydrogens (primary N) is 1. The summed E-state index contributed by atoms with van der Waals surface area (Å²) in [6.45, 7) is 8.57. The van der Waals surface area contributed by atoms with Crippen molar-refractivity contribution < 1.29 is 9.21 Å². The van der Waals surface area contributed by atoms with Crippen LogP contribution in [-0.4, -0.2) is 91.6 Å². The predicted octanol–water partition coefficient (Wildman–Crippen LogP) is 1.93. The number of carbonyl (C=O) groups is 1. The van der Waals surface area contributed by atoms with Gasteiger partial charge in [-0.3, -0.25) is 4.79 Å². The van der Waals surface area contributed by atoms with Crippen molar-refractivity contribution in [3.05, 3.63) is 59.5 Å². The number of likely N-dealkylation sites (N-methyl/N-ethyl adjacent to an activating group) is 1. The number of hydrogen-bond acceptors (Lipinski definition) is 9. The monoisotopic (exact) mass is 502 g/mol. The number of furan rings is 1. The smallest absolute Gasteiger partial charge is 0.289 e. The third-order valence-corrected chi connectivity index (χ3v) is 7.73. The van der Waals surface area contributed by atoms with Gasteiger partial charge in [0.05, 0.1) is 6.26 Å². The largest absolute Gasteiger partial charge is 0.459 e. The fourth-order valence-corrected chi connectivity index (χ4v) is 5.46. The maximum Gasteiger partial charge on any atom is 0.289 e. The van der Waals surface area contributed by atoms with Gasteiger partial charge in [-0.05, 0) is 48.9 Å². The first-order valence-electron chi connectivity index (χ1n) is 13.1. The van der Waals surface area contributed by atoms with Crippen LogP contribution in [0.1, 0.15) is 21.7 Å². The van der Waals surface area contributed by atoms with Gasteiger partial charge in [-0.2, -0.15) is 9.97 Å². The number of nitrogens with zero attached hydrogens (tertiary/aromatic N) is 7. The molecule has 37 heavy (non-hydrogen) atoms. The van der Waals surface area contributed by atoms with E-state index < -0.39 is 0 Å². The van der Waals surface area contributed by atoms with Crippen LogP contribution in [0.2, 0.25) is 0 Å². The molecule has 10 heteroatoms. The highest BCUT2D eigenvalue weighted by molar-refractivity contribution is 5.91. The van der Waals surface area contributed by atoms with Crippen LogP contribution < -0.4 is 20.4 Å².